The van der Waals surface area contributed by atoms with Crippen molar-refractivity contribution in [1.82, 2.24) is 0 Å². The number of anilines is 3. The van der Waals surface area contributed by atoms with Crippen molar-refractivity contribution in [3.63, 3.8) is 0 Å². The summed E-state index contributed by atoms with van der Waals surface area (Å²) in [5, 5.41) is 2.46. The number of fused-ring (bicyclic) bond motifs is 12. The number of nitrogens with zero attached hydrogens (tertiary/aromatic N) is 1. The third kappa shape index (κ3) is 4.77. The zero-order chi connectivity index (χ0) is 38.2. The number of hydrogen-bond donors (Lipinski definition) is 0. The van der Waals surface area contributed by atoms with E-state index in [1.807, 2.05) is 0 Å². The fourth-order valence-corrected chi connectivity index (χ4v) is 10.8. The average Bonchev–Trinajstić information content (AvgIpc) is 3.76. The predicted octanol–water partition coefficient (Wildman–Crippen LogP) is 14.9. The Kier molecular flexibility index (Phi) is 7.47. The lowest BCUT2D eigenvalue weighted by Crippen LogP contribution is -2.26. The van der Waals surface area contributed by atoms with Gasteiger partial charge in [0.25, 0.3) is 0 Å². The lowest BCUT2D eigenvalue weighted by molar-refractivity contribution is 0.687. The van der Waals surface area contributed by atoms with Gasteiger partial charge < -0.3 is 4.90 Å². The van der Waals surface area contributed by atoms with Gasteiger partial charge in [-0.25, -0.2) is 0 Å². The van der Waals surface area contributed by atoms with Gasteiger partial charge in [-0.2, -0.15) is 0 Å². The van der Waals surface area contributed by atoms with Crippen LogP contribution in [0.4, 0.5) is 17.1 Å². The van der Waals surface area contributed by atoms with Crippen LogP contribution in [0.3, 0.4) is 0 Å². The molecule has 3 aliphatic carbocycles. The predicted molar refractivity (Wildman–Crippen MR) is 242 cm³/mol. The van der Waals surface area contributed by atoms with E-state index in [0.717, 1.165) is 18.5 Å². The van der Waals surface area contributed by atoms with Crippen LogP contribution in [-0.2, 0) is 18.3 Å². The van der Waals surface area contributed by atoms with Gasteiger partial charge in [-0.3, -0.25) is 0 Å². The van der Waals surface area contributed by atoms with Crippen LogP contribution in [0.2, 0.25) is 0 Å². The van der Waals surface area contributed by atoms with E-state index >= 15 is 0 Å². The highest BCUT2D eigenvalue weighted by atomic mass is 15.1. The lowest BCUT2D eigenvalue weighted by Gasteiger charge is -2.34. The molecule has 1 heteroatoms. The van der Waals surface area contributed by atoms with Crippen LogP contribution in [-0.4, -0.2) is 0 Å². The van der Waals surface area contributed by atoms with Gasteiger partial charge in [-0.05, 0) is 134 Å². The Hall–Kier alpha value is -6.96. The third-order valence-corrected chi connectivity index (χ3v) is 13.3. The minimum atomic E-state index is -0.454. The minimum absolute atomic E-state index is 0.454. The second-order valence-corrected chi connectivity index (χ2v) is 16.2. The maximum absolute atomic E-state index is 2.60. The molecule has 9 aromatic carbocycles. The molecule has 1 spiro atoms. The summed E-state index contributed by atoms with van der Waals surface area (Å²) in [5.74, 6) is 0. The topological polar surface area (TPSA) is 3.24 Å². The highest BCUT2D eigenvalue weighted by Gasteiger charge is 2.52. The normalized spacial score (nSPS) is 14.1. The smallest absolute Gasteiger partial charge is 0.0726 e. The second-order valence-electron chi connectivity index (χ2n) is 16.2. The van der Waals surface area contributed by atoms with E-state index in [0.29, 0.717) is 0 Å². The minimum Gasteiger partial charge on any atom is -0.309 e. The van der Waals surface area contributed by atoms with Crippen molar-refractivity contribution in [2.45, 2.75) is 31.1 Å². The fraction of sp³-hybridized carbons (Fsp3) is 0.0877. The molecule has 9 aromatic rings. The van der Waals surface area contributed by atoms with E-state index in [9.17, 15) is 0 Å². The summed E-state index contributed by atoms with van der Waals surface area (Å²) in [6, 6.07) is 75.3. The van der Waals surface area contributed by atoms with E-state index < -0.39 is 5.41 Å². The van der Waals surface area contributed by atoms with E-state index in [-0.39, 0.29) is 0 Å². The van der Waals surface area contributed by atoms with Gasteiger partial charge in [-0.15, -0.1) is 0 Å². The number of hydrogen-bond acceptors (Lipinski definition) is 1. The molecule has 0 heterocycles. The van der Waals surface area contributed by atoms with Gasteiger partial charge in [0.15, 0.2) is 0 Å². The van der Waals surface area contributed by atoms with Crippen LogP contribution in [0.15, 0.2) is 200 Å². The first-order chi connectivity index (χ1) is 28.8. The molecular weight excluding hydrogens is 699 g/mol. The molecule has 1 nitrogen and oxygen atoms in total. The Morgan fingerprint density at radius 2 is 0.931 bits per heavy atom. The van der Waals surface area contributed by atoms with Crippen LogP contribution in [0.25, 0.3) is 55.3 Å². The van der Waals surface area contributed by atoms with E-state index in [1.54, 1.807) is 0 Å². The molecule has 0 aliphatic heterocycles. The molecule has 0 saturated heterocycles. The zero-order valence-electron chi connectivity index (χ0n) is 32.3. The molecule has 274 valence electrons. The number of benzene rings is 9. The summed E-state index contributed by atoms with van der Waals surface area (Å²) in [4.78, 5) is 2.57. The summed E-state index contributed by atoms with van der Waals surface area (Å²) in [6.45, 7) is 0. The average molecular weight is 740 g/mol. The zero-order valence-corrected chi connectivity index (χ0v) is 32.3. The molecular formula is C57H41N. The van der Waals surface area contributed by atoms with Crippen LogP contribution < -0.4 is 4.90 Å². The SMILES string of the molecule is c1ccc(-c2ccc(N(c3cc4c(cc3-c3cccc5c3CCCC5)-c3ccccc3C43c4ccccc4-c4ccccc43)c3cccc4ccccc34)cc2)cc1. The quantitative estimate of drug-likeness (QED) is 0.170. The van der Waals surface area contributed by atoms with E-state index in [4.69, 9.17) is 0 Å². The van der Waals surface area contributed by atoms with Crippen LogP contribution in [0.1, 0.15) is 46.2 Å². The van der Waals surface area contributed by atoms with Crippen LogP contribution >= 0.6 is 0 Å². The first-order valence-corrected chi connectivity index (χ1v) is 20.8. The van der Waals surface area contributed by atoms with E-state index in [1.165, 1.54) is 113 Å². The molecule has 0 aromatic heterocycles. The van der Waals surface area contributed by atoms with Crippen molar-refractivity contribution >= 4 is 27.8 Å². The fourth-order valence-electron chi connectivity index (χ4n) is 10.8. The summed E-state index contributed by atoms with van der Waals surface area (Å²) in [5.41, 5.74) is 21.9. The van der Waals surface area contributed by atoms with Gasteiger partial charge in [0.05, 0.1) is 16.8 Å². The van der Waals surface area contributed by atoms with Crippen LogP contribution in [0.5, 0.6) is 0 Å². The van der Waals surface area contributed by atoms with E-state index in [2.05, 4.69) is 205 Å². The molecule has 0 amide bonds. The van der Waals surface area contributed by atoms with Gasteiger partial charge in [-0.1, -0.05) is 170 Å². The monoisotopic (exact) mass is 739 g/mol. The molecule has 0 unspecified atom stereocenters. The van der Waals surface area contributed by atoms with Crippen LogP contribution in [0, 0.1) is 0 Å². The Labute approximate surface area is 340 Å². The van der Waals surface area contributed by atoms with Crippen molar-refractivity contribution in [2.75, 3.05) is 4.90 Å². The molecule has 0 N–H and O–H groups in total. The second kappa shape index (κ2) is 13.0. The lowest BCUT2D eigenvalue weighted by atomic mass is 9.70. The highest BCUT2D eigenvalue weighted by molar-refractivity contribution is 6.04. The maximum atomic E-state index is 2.60. The Bertz CT molecular complexity index is 3010. The molecule has 58 heavy (non-hydrogen) atoms. The standard InChI is InChI=1S/C57H41N/c1-2-16-38(17-3-1)39-32-34-42(35-33-39)58(55-31-15-21-41-19-5-7-23-44(41)55)56-37-54-49(36-50(56)45-27-14-20-40-18-4-6-22-43(40)45)48-26-10-13-30-53(48)57(54)51-28-11-8-24-46(51)47-25-9-12-29-52(47)57/h1-3,5,7-17,19-21,23-37H,4,6,18,22H2. The Morgan fingerprint density at radius 1 is 0.362 bits per heavy atom. The molecule has 3 aliphatic rings. The van der Waals surface area contributed by atoms with Gasteiger partial charge in [0.1, 0.15) is 0 Å². The van der Waals surface area contributed by atoms with Crippen molar-refractivity contribution in [2.24, 2.45) is 0 Å². The molecule has 0 bridgehead atoms. The first kappa shape index (κ1) is 33.2. The van der Waals surface area contributed by atoms with Crippen molar-refractivity contribution < 1.29 is 0 Å². The molecule has 12 rings (SSSR count). The molecule has 0 fully saturated rings. The largest absolute Gasteiger partial charge is 0.309 e. The molecule has 0 saturated carbocycles. The number of aryl methyl sites for hydroxylation is 1. The maximum Gasteiger partial charge on any atom is 0.0726 e. The first-order valence-electron chi connectivity index (χ1n) is 20.8. The Morgan fingerprint density at radius 3 is 1.67 bits per heavy atom. The highest BCUT2D eigenvalue weighted by Crippen LogP contribution is 2.64. The third-order valence-electron chi connectivity index (χ3n) is 13.3. The number of rotatable bonds is 5. The van der Waals surface area contributed by atoms with Crippen molar-refractivity contribution in [3.05, 3.63) is 234 Å². The summed E-state index contributed by atoms with van der Waals surface area (Å²) >= 11 is 0. The van der Waals surface area contributed by atoms with Gasteiger partial charge >= 0.3 is 0 Å². The summed E-state index contributed by atoms with van der Waals surface area (Å²) in [6.07, 6.45) is 4.70. The van der Waals surface area contributed by atoms with Crippen molar-refractivity contribution in [3.8, 4) is 44.5 Å². The summed E-state index contributed by atoms with van der Waals surface area (Å²) in [7, 11) is 0. The van der Waals surface area contributed by atoms with Crippen molar-refractivity contribution in [1.29, 1.82) is 0 Å². The molecule has 0 atom stereocenters. The summed E-state index contributed by atoms with van der Waals surface area (Å²) < 4.78 is 0. The van der Waals surface area contributed by atoms with Gasteiger partial charge in [0.2, 0.25) is 0 Å². The Balaban J connectivity index is 1.21. The van der Waals surface area contributed by atoms with Gasteiger partial charge in [0, 0.05) is 16.6 Å². The molecule has 0 radical (unpaired) electrons.